The number of nitrogens with zero attached hydrogens (tertiary/aromatic N) is 4. The maximum absolute atomic E-state index is 11.3. The molecule has 19 heavy (non-hydrogen) atoms. The number of carbonyl (C=O) groups excluding carboxylic acids is 1. The first-order chi connectivity index (χ1) is 9.24. The zero-order chi connectivity index (χ0) is 13.2. The molecule has 7 heteroatoms. The molecule has 100 valence electrons. The smallest absolute Gasteiger partial charge is 0.219 e. The third kappa shape index (κ3) is 2.35. The Morgan fingerprint density at radius 3 is 2.95 bits per heavy atom. The Kier molecular flexibility index (Phi) is 3.02. The van der Waals surface area contributed by atoms with E-state index in [0.29, 0.717) is 6.04 Å². The number of rotatable bonds is 2. The highest BCUT2D eigenvalue weighted by Gasteiger charge is 2.21. The normalized spacial score (nSPS) is 16.8. The topological polar surface area (TPSA) is 86.8 Å². The number of fused-ring (bicyclic) bond motifs is 1. The molecular weight excluding hydrogens is 244 g/mol. The number of anilines is 1. The molecule has 0 atom stereocenters. The van der Waals surface area contributed by atoms with Gasteiger partial charge in [-0.25, -0.2) is 9.97 Å². The Bertz CT molecular complexity index is 587. The molecule has 0 aliphatic carbocycles. The first-order valence-electron chi connectivity index (χ1n) is 6.40. The van der Waals surface area contributed by atoms with Crippen LogP contribution in [0.1, 0.15) is 19.8 Å². The fourth-order valence-electron chi connectivity index (χ4n) is 2.41. The minimum absolute atomic E-state index is 0.151. The Labute approximate surface area is 110 Å². The van der Waals surface area contributed by atoms with E-state index in [0.717, 1.165) is 42.8 Å². The van der Waals surface area contributed by atoms with Crippen LogP contribution in [0.5, 0.6) is 0 Å². The molecule has 0 radical (unpaired) electrons. The third-order valence-electron chi connectivity index (χ3n) is 3.53. The van der Waals surface area contributed by atoms with E-state index in [4.69, 9.17) is 0 Å². The van der Waals surface area contributed by atoms with Gasteiger partial charge in [0.15, 0.2) is 5.65 Å². The number of hydrogen-bond acceptors (Lipinski definition) is 5. The summed E-state index contributed by atoms with van der Waals surface area (Å²) in [6.45, 7) is 3.21. The molecule has 1 fully saturated rings. The van der Waals surface area contributed by atoms with Crippen LogP contribution in [0.3, 0.4) is 0 Å². The maximum Gasteiger partial charge on any atom is 0.219 e. The quantitative estimate of drug-likeness (QED) is 0.833. The maximum atomic E-state index is 11.3. The number of hydrogen-bond donors (Lipinski definition) is 2. The SMILES string of the molecule is CC(=O)N1CCC(Nc2ncnc3[nH]ncc23)CC1. The monoisotopic (exact) mass is 260 g/mol. The van der Waals surface area contributed by atoms with Crippen molar-refractivity contribution in [1.29, 1.82) is 0 Å². The Morgan fingerprint density at radius 2 is 2.21 bits per heavy atom. The van der Waals surface area contributed by atoms with Gasteiger partial charge in [-0.3, -0.25) is 9.89 Å². The minimum atomic E-state index is 0.151. The van der Waals surface area contributed by atoms with Gasteiger partial charge in [0.2, 0.25) is 5.91 Å². The summed E-state index contributed by atoms with van der Waals surface area (Å²) < 4.78 is 0. The number of nitrogens with one attached hydrogen (secondary N) is 2. The van der Waals surface area contributed by atoms with Gasteiger partial charge in [0.25, 0.3) is 0 Å². The highest BCUT2D eigenvalue weighted by atomic mass is 16.2. The molecule has 1 saturated heterocycles. The van der Waals surface area contributed by atoms with E-state index in [1.807, 2.05) is 4.90 Å². The van der Waals surface area contributed by atoms with Crippen LogP contribution >= 0.6 is 0 Å². The van der Waals surface area contributed by atoms with Gasteiger partial charge >= 0.3 is 0 Å². The second-order valence-corrected chi connectivity index (χ2v) is 4.78. The van der Waals surface area contributed by atoms with Crippen molar-refractivity contribution in [3.8, 4) is 0 Å². The second-order valence-electron chi connectivity index (χ2n) is 4.78. The van der Waals surface area contributed by atoms with Crippen molar-refractivity contribution in [2.75, 3.05) is 18.4 Å². The number of piperidine rings is 1. The molecule has 0 saturated carbocycles. The lowest BCUT2D eigenvalue weighted by atomic mass is 10.0. The van der Waals surface area contributed by atoms with E-state index < -0.39 is 0 Å². The van der Waals surface area contributed by atoms with Gasteiger partial charge in [-0.05, 0) is 12.8 Å². The fourth-order valence-corrected chi connectivity index (χ4v) is 2.41. The average molecular weight is 260 g/mol. The highest BCUT2D eigenvalue weighted by molar-refractivity contribution is 5.85. The summed E-state index contributed by atoms with van der Waals surface area (Å²) in [6, 6.07) is 0.337. The van der Waals surface area contributed by atoms with E-state index in [1.54, 1.807) is 13.1 Å². The van der Waals surface area contributed by atoms with Crippen molar-refractivity contribution < 1.29 is 4.79 Å². The lowest BCUT2D eigenvalue weighted by Crippen LogP contribution is -2.41. The number of carbonyl (C=O) groups is 1. The lowest BCUT2D eigenvalue weighted by molar-refractivity contribution is -0.129. The van der Waals surface area contributed by atoms with Gasteiger partial charge in [-0.1, -0.05) is 0 Å². The zero-order valence-electron chi connectivity index (χ0n) is 10.8. The van der Waals surface area contributed by atoms with Crippen LogP contribution in [0.15, 0.2) is 12.5 Å². The predicted molar refractivity (Wildman–Crippen MR) is 70.6 cm³/mol. The van der Waals surface area contributed by atoms with E-state index >= 15 is 0 Å². The van der Waals surface area contributed by atoms with Crippen LogP contribution < -0.4 is 5.32 Å². The standard InChI is InChI=1S/C12H16N6O/c1-8(19)18-4-2-9(3-5-18)16-11-10-6-15-17-12(10)14-7-13-11/h6-7,9H,2-5H2,1H3,(H2,13,14,15,16,17). The Hall–Kier alpha value is -2.18. The van der Waals surface area contributed by atoms with Gasteiger partial charge in [-0.2, -0.15) is 5.10 Å². The molecule has 7 nitrogen and oxygen atoms in total. The van der Waals surface area contributed by atoms with Crippen molar-refractivity contribution in [3.63, 3.8) is 0 Å². The van der Waals surface area contributed by atoms with Crippen LogP contribution in [0.25, 0.3) is 11.0 Å². The van der Waals surface area contributed by atoms with Crippen molar-refractivity contribution in [2.24, 2.45) is 0 Å². The Balaban J connectivity index is 1.69. The summed E-state index contributed by atoms with van der Waals surface area (Å²) in [5.74, 6) is 0.956. The van der Waals surface area contributed by atoms with Gasteiger partial charge in [-0.15, -0.1) is 0 Å². The van der Waals surface area contributed by atoms with Crippen molar-refractivity contribution >= 4 is 22.8 Å². The number of aromatic nitrogens is 4. The molecule has 2 aromatic rings. The second kappa shape index (κ2) is 4.83. The predicted octanol–water partition coefficient (Wildman–Crippen LogP) is 0.776. The molecule has 0 spiro atoms. The van der Waals surface area contributed by atoms with Crippen LogP contribution in [-0.2, 0) is 4.79 Å². The van der Waals surface area contributed by atoms with E-state index in [1.165, 1.54) is 6.33 Å². The summed E-state index contributed by atoms with van der Waals surface area (Å²) >= 11 is 0. The summed E-state index contributed by atoms with van der Waals surface area (Å²) in [4.78, 5) is 21.5. The summed E-state index contributed by atoms with van der Waals surface area (Å²) in [5.41, 5.74) is 0.735. The van der Waals surface area contributed by atoms with E-state index in [-0.39, 0.29) is 5.91 Å². The van der Waals surface area contributed by atoms with Crippen molar-refractivity contribution in [2.45, 2.75) is 25.8 Å². The molecule has 1 aliphatic rings. The molecule has 3 rings (SSSR count). The average Bonchev–Trinajstić information content (AvgIpc) is 2.89. The first kappa shape index (κ1) is 11.9. The molecule has 0 aromatic carbocycles. The summed E-state index contributed by atoms with van der Waals surface area (Å²) in [6.07, 6.45) is 5.11. The van der Waals surface area contributed by atoms with Crippen LogP contribution in [0.2, 0.25) is 0 Å². The molecule has 2 aromatic heterocycles. The molecular formula is C12H16N6O. The van der Waals surface area contributed by atoms with Gasteiger partial charge < -0.3 is 10.2 Å². The van der Waals surface area contributed by atoms with Gasteiger partial charge in [0.1, 0.15) is 12.1 Å². The van der Waals surface area contributed by atoms with Gasteiger partial charge in [0, 0.05) is 26.1 Å². The van der Waals surface area contributed by atoms with Crippen molar-refractivity contribution in [1.82, 2.24) is 25.1 Å². The summed E-state index contributed by atoms with van der Waals surface area (Å²) in [5, 5.41) is 11.1. The molecule has 0 unspecified atom stereocenters. The molecule has 1 aliphatic heterocycles. The molecule has 3 heterocycles. The molecule has 1 amide bonds. The first-order valence-corrected chi connectivity index (χ1v) is 6.40. The van der Waals surface area contributed by atoms with Crippen LogP contribution in [-0.4, -0.2) is 50.1 Å². The third-order valence-corrected chi connectivity index (χ3v) is 3.53. The van der Waals surface area contributed by atoms with Crippen molar-refractivity contribution in [3.05, 3.63) is 12.5 Å². The number of aromatic amines is 1. The largest absolute Gasteiger partial charge is 0.366 e. The van der Waals surface area contributed by atoms with Gasteiger partial charge in [0.05, 0.1) is 11.6 Å². The molecule has 0 bridgehead atoms. The molecule has 2 N–H and O–H groups in total. The van der Waals surface area contributed by atoms with E-state index in [2.05, 4.69) is 25.5 Å². The lowest BCUT2D eigenvalue weighted by Gasteiger charge is -2.31. The van der Waals surface area contributed by atoms with Crippen LogP contribution in [0, 0.1) is 0 Å². The summed E-state index contributed by atoms with van der Waals surface area (Å²) in [7, 11) is 0. The zero-order valence-corrected chi connectivity index (χ0v) is 10.8. The van der Waals surface area contributed by atoms with Crippen LogP contribution in [0.4, 0.5) is 5.82 Å². The number of amides is 1. The highest BCUT2D eigenvalue weighted by Crippen LogP contribution is 2.20. The number of H-pyrrole nitrogens is 1. The van der Waals surface area contributed by atoms with E-state index in [9.17, 15) is 4.79 Å². The minimum Gasteiger partial charge on any atom is -0.366 e. The number of likely N-dealkylation sites (tertiary alicyclic amines) is 1. The Morgan fingerprint density at radius 1 is 1.42 bits per heavy atom. The fraction of sp³-hybridized carbons (Fsp3) is 0.500.